The molecule has 0 bridgehead atoms. The lowest BCUT2D eigenvalue weighted by atomic mass is 10.1. The van der Waals surface area contributed by atoms with Crippen LogP contribution in [0.4, 0.5) is 17.1 Å². The minimum Gasteiger partial charge on any atom is -0.506 e. The number of nitrogens with zero attached hydrogens (tertiary/aromatic N) is 1. The minimum absolute atomic E-state index is 0.0484. The molecule has 0 spiro atoms. The molecular formula is C16H12N2O9S2. The Hall–Kier alpha value is -3.26. The summed E-state index contributed by atoms with van der Waals surface area (Å²) >= 11 is 0. The van der Waals surface area contributed by atoms with Crippen molar-refractivity contribution < 1.29 is 36.0 Å². The lowest BCUT2D eigenvalue weighted by molar-refractivity contribution is -0.384. The van der Waals surface area contributed by atoms with Gasteiger partial charge in [-0.3, -0.25) is 19.2 Å². The quantitative estimate of drug-likeness (QED) is 0.199. The van der Waals surface area contributed by atoms with E-state index in [9.17, 15) is 32.1 Å². The molecule has 0 unspecified atom stereocenters. The second-order valence-corrected chi connectivity index (χ2v) is 8.73. The standard InChI is InChI=1S/C16H12N2O9S2/c19-16-7-9-1-2-11(28(22,23)24)5-10(9)6-14(16)17-13-4-3-12(29(25,26)27)8-15(13)18(20)21/h1-8,17,19H,(H,22,23,24)(H,25,26,27). The Bertz CT molecular complexity index is 1370. The number of nitrogens with one attached hydrogen (secondary N) is 1. The van der Waals surface area contributed by atoms with E-state index in [0.717, 1.165) is 24.3 Å². The Morgan fingerprint density at radius 2 is 1.38 bits per heavy atom. The topological polar surface area (TPSA) is 184 Å². The summed E-state index contributed by atoms with van der Waals surface area (Å²) in [5.41, 5.74) is -0.929. The number of phenolic OH excluding ortho intramolecular Hbond substituents is 1. The monoisotopic (exact) mass is 440 g/mol. The van der Waals surface area contributed by atoms with Crippen LogP contribution in [0.3, 0.4) is 0 Å². The number of phenols is 1. The Balaban J connectivity index is 2.12. The third-order valence-electron chi connectivity index (χ3n) is 3.96. The molecule has 0 aliphatic rings. The summed E-state index contributed by atoms with van der Waals surface area (Å²) < 4.78 is 63.2. The third-order valence-corrected chi connectivity index (χ3v) is 5.66. The summed E-state index contributed by atoms with van der Waals surface area (Å²) in [4.78, 5) is 9.32. The van der Waals surface area contributed by atoms with E-state index >= 15 is 0 Å². The van der Waals surface area contributed by atoms with Crippen LogP contribution in [-0.4, -0.2) is 36.0 Å². The van der Waals surface area contributed by atoms with Crippen LogP contribution in [0.25, 0.3) is 10.8 Å². The van der Waals surface area contributed by atoms with Crippen molar-refractivity contribution in [2.45, 2.75) is 9.79 Å². The Labute approximate surface area is 163 Å². The molecule has 11 nitrogen and oxygen atoms in total. The Kier molecular flexibility index (Phi) is 4.92. The van der Waals surface area contributed by atoms with E-state index in [-0.39, 0.29) is 27.4 Å². The highest BCUT2D eigenvalue weighted by Gasteiger charge is 2.21. The molecule has 152 valence electrons. The number of anilines is 2. The van der Waals surface area contributed by atoms with Gasteiger partial charge in [0.25, 0.3) is 25.9 Å². The fourth-order valence-corrected chi connectivity index (χ4v) is 3.61. The second-order valence-electron chi connectivity index (χ2n) is 5.89. The number of hydrogen-bond donors (Lipinski definition) is 4. The van der Waals surface area contributed by atoms with Crippen molar-refractivity contribution in [2.24, 2.45) is 0 Å². The van der Waals surface area contributed by atoms with Gasteiger partial charge in [0, 0.05) is 6.07 Å². The van der Waals surface area contributed by atoms with E-state index in [1.807, 2.05) is 0 Å². The lowest BCUT2D eigenvalue weighted by Crippen LogP contribution is -2.02. The van der Waals surface area contributed by atoms with Crippen LogP contribution in [-0.2, 0) is 20.2 Å². The number of rotatable bonds is 5. The summed E-state index contributed by atoms with van der Waals surface area (Å²) in [6.07, 6.45) is 0. The summed E-state index contributed by atoms with van der Waals surface area (Å²) in [5.74, 6) is -0.328. The van der Waals surface area contributed by atoms with Gasteiger partial charge in [-0.25, -0.2) is 0 Å². The van der Waals surface area contributed by atoms with E-state index < -0.39 is 35.7 Å². The number of aromatic hydroxyl groups is 1. The van der Waals surface area contributed by atoms with Crippen molar-refractivity contribution in [3.8, 4) is 5.75 Å². The molecule has 0 heterocycles. The summed E-state index contributed by atoms with van der Waals surface area (Å²) in [6, 6.07) is 8.80. The van der Waals surface area contributed by atoms with Crippen LogP contribution in [0.15, 0.2) is 58.3 Å². The number of nitro benzene ring substituents is 1. The normalized spacial score (nSPS) is 12.1. The molecule has 13 heteroatoms. The molecule has 0 aliphatic heterocycles. The molecule has 0 saturated heterocycles. The summed E-state index contributed by atoms with van der Waals surface area (Å²) in [6.45, 7) is 0. The van der Waals surface area contributed by atoms with Gasteiger partial charge in [-0.1, -0.05) is 6.07 Å². The molecule has 3 aromatic carbocycles. The molecule has 0 saturated carbocycles. The van der Waals surface area contributed by atoms with Crippen LogP contribution >= 0.6 is 0 Å². The fraction of sp³-hybridized carbons (Fsp3) is 0. The van der Waals surface area contributed by atoms with Crippen molar-refractivity contribution in [3.63, 3.8) is 0 Å². The van der Waals surface area contributed by atoms with Crippen LogP contribution in [0, 0.1) is 10.1 Å². The molecule has 3 rings (SSSR count). The Morgan fingerprint density at radius 1 is 0.793 bits per heavy atom. The highest BCUT2D eigenvalue weighted by atomic mass is 32.2. The van der Waals surface area contributed by atoms with Crippen molar-refractivity contribution in [3.05, 3.63) is 58.6 Å². The van der Waals surface area contributed by atoms with Gasteiger partial charge in [0.15, 0.2) is 0 Å². The molecule has 0 atom stereocenters. The van der Waals surface area contributed by atoms with E-state index in [1.165, 1.54) is 18.2 Å². The largest absolute Gasteiger partial charge is 0.506 e. The van der Waals surface area contributed by atoms with Crippen molar-refractivity contribution in [2.75, 3.05) is 5.32 Å². The molecule has 0 amide bonds. The van der Waals surface area contributed by atoms with Gasteiger partial charge in [0.1, 0.15) is 16.3 Å². The molecular weight excluding hydrogens is 428 g/mol. The predicted octanol–water partition coefficient (Wildman–Crippen LogP) is 2.69. The summed E-state index contributed by atoms with van der Waals surface area (Å²) in [7, 11) is -9.13. The van der Waals surface area contributed by atoms with E-state index in [0.29, 0.717) is 11.5 Å². The SMILES string of the molecule is O=[N+]([O-])c1cc(S(=O)(=O)O)ccc1Nc1cc2cc(S(=O)(=O)O)ccc2cc1O. The highest BCUT2D eigenvalue weighted by Crippen LogP contribution is 2.36. The van der Waals surface area contributed by atoms with Crippen molar-refractivity contribution in [1.82, 2.24) is 0 Å². The van der Waals surface area contributed by atoms with Crippen molar-refractivity contribution >= 4 is 48.1 Å². The van der Waals surface area contributed by atoms with Gasteiger partial charge < -0.3 is 10.4 Å². The average Bonchev–Trinajstić information content (AvgIpc) is 2.60. The maximum atomic E-state index is 11.3. The van der Waals surface area contributed by atoms with Crippen LogP contribution in [0.2, 0.25) is 0 Å². The van der Waals surface area contributed by atoms with Gasteiger partial charge in [0.05, 0.1) is 15.5 Å². The average molecular weight is 440 g/mol. The van der Waals surface area contributed by atoms with E-state index in [2.05, 4.69) is 5.32 Å². The smallest absolute Gasteiger partial charge is 0.294 e. The molecule has 0 aliphatic carbocycles. The van der Waals surface area contributed by atoms with Crippen LogP contribution in [0.5, 0.6) is 5.75 Å². The molecule has 0 aromatic heterocycles. The Morgan fingerprint density at radius 3 is 1.97 bits per heavy atom. The van der Waals surface area contributed by atoms with Gasteiger partial charge in [0.2, 0.25) is 0 Å². The molecule has 0 fully saturated rings. The molecule has 3 aromatic rings. The number of hydrogen-bond acceptors (Lipinski definition) is 8. The van der Waals surface area contributed by atoms with Crippen LogP contribution in [0.1, 0.15) is 0 Å². The zero-order chi connectivity index (χ0) is 21.6. The zero-order valence-corrected chi connectivity index (χ0v) is 15.8. The van der Waals surface area contributed by atoms with Crippen molar-refractivity contribution in [1.29, 1.82) is 0 Å². The molecule has 0 radical (unpaired) electrons. The second kappa shape index (κ2) is 6.97. The zero-order valence-electron chi connectivity index (χ0n) is 14.2. The number of benzene rings is 3. The fourth-order valence-electron chi connectivity index (χ4n) is 2.60. The first-order valence-electron chi connectivity index (χ1n) is 7.63. The molecule has 4 N–H and O–H groups in total. The first kappa shape index (κ1) is 20.5. The van der Waals surface area contributed by atoms with Gasteiger partial charge in [-0.15, -0.1) is 0 Å². The van der Waals surface area contributed by atoms with Gasteiger partial charge in [-0.2, -0.15) is 16.8 Å². The maximum absolute atomic E-state index is 11.3. The number of nitro groups is 1. The molecule has 29 heavy (non-hydrogen) atoms. The van der Waals surface area contributed by atoms with E-state index in [1.54, 1.807) is 0 Å². The predicted molar refractivity (Wildman–Crippen MR) is 102 cm³/mol. The first-order valence-corrected chi connectivity index (χ1v) is 10.5. The van der Waals surface area contributed by atoms with Gasteiger partial charge in [-0.05, 0) is 47.2 Å². The van der Waals surface area contributed by atoms with Crippen LogP contribution < -0.4 is 5.32 Å². The van der Waals surface area contributed by atoms with E-state index in [4.69, 9.17) is 9.11 Å². The van der Waals surface area contributed by atoms with Gasteiger partial charge >= 0.3 is 0 Å². The first-order chi connectivity index (χ1) is 13.4. The summed E-state index contributed by atoms with van der Waals surface area (Å²) in [5, 5.41) is 24.7. The lowest BCUT2D eigenvalue weighted by Gasteiger charge is -2.11. The highest BCUT2D eigenvalue weighted by molar-refractivity contribution is 7.86. The minimum atomic E-state index is -4.67. The number of fused-ring (bicyclic) bond motifs is 1. The third kappa shape index (κ3) is 4.27. The maximum Gasteiger partial charge on any atom is 0.294 e.